The number of hydrogen-bond donors (Lipinski definition) is 0. The van der Waals surface area contributed by atoms with Gasteiger partial charge in [0.25, 0.3) is 0 Å². The molecular weight excluding hydrogens is 166 g/mol. The van der Waals surface area contributed by atoms with Crippen molar-refractivity contribution in [2.45, 2.75) is 19.4 Å². The van der Waals surface area contributed by atoms with E-state index >= 15 is 0 Å². The Kier molecular flexibility index (Phi) is 3.71. The molecule has 0 radical (unpaired) electrons. The van der Waals surface area contributed by atoms with Gasteiger partial charge in [0.15, 0.2) is 0 Å². The van der Waals surface area contributed by atoms with Gasteiger partial charge in [0, 0.05) is 26.2 Å². The Hall–Kier alpha value is -1.08. The Labute approximate surface area is 78.7 Å². The van der Waals surface area contributed by atoms with Crippen molar-refractivity contribution in [2.75, 3.05) is 26.2 Å². The molecule has 0 N–H and O–H groups in total. The van der Waals surface area contributed by atoms with E-state index in [0.717, 1.165) is 39.0 Å². The topological polar surface area (TPSA) is 47.3 Å². The summed E-state index contributed by atoms with van der Waals surface area (Å²) in [5.41, 5.74) is 0. The number of amides is 1. The van der Waals surface area contributed by atoms with E-state index in [1.165, 1.54) is 0 Å². The van der Waals surface area contributed by atoms with Crippen LogP contribution in [-0.2, 0) is 4.79 Å². The van der Waals surface area contributed by atoms with Crippen LogP contribution in [0.5, 0.6) is 0 Å². The van der Waals surface area contributed by atoms with Crippen molar-refractivity contribution in [1.29, 1.82) is 5.26 Å². The third-order valence-corrected chi connectivity index (χ3v) is 2.47. The molecule has 1 amide bonds. The predicted molar refractivity (Wildman–Crippen MR) is 48.9 cm³/mol. The van der Waals surface area contributed by atoms with Crippen molar-refractivity contribution in [1.82, 2.24) is 9.80 Å². The number of nitriles is 1. The summed E-state index contributed by atoms with van der Waals surface area (Å²) < 4.78 is 0. The number of carbonyl (C=O) groups excluding carboxylic acids is 1. The van der Waals surface area contributed by atoms with Crippen LogP contribution in [0.25, 0.3) is 0 Å². The van der Waals surface area contributed by atoms with Crippen LogP contribution in [0.15, 0.2) is 0 Å². The van der Waals surface area contributed by atoms with E-state index in [0.29, 0.717) is 0 Å². The minimum atomic E-state index is 0.0220. The third-order valence-electron chi connectivity index (χ3n) is 2.47. The van der Waals surface area contributed by atoms with E-state index in [9.17, 15) is 4.79 Å². The molecule has 1 rings (SSSR count). The monoisotopic (exact) mass is 181 g/mol. The molecule has 1 atom stereocenters. The molecule has 13 heavy (non-hydrogen) atoms. The fraction of sp³-hybridized carbons (Fsp3) is 0.778. The molecule has 0 aliphatic carbocycles. The fourth-order valence-electron chi connectivity index (χ4n) is 1.59. The maximum absolute atomic E-state index is 10.4. The second kappa shape index (κ2) is 4.83. The third kappa shape index (κ3) is 2.43. The maximum atomic E-state index is 10.4. The quantitative estimate of drug-likeness (QED) is 0.578. The Balaban J connectivity index is 2.40. The standard InChI is InChI=1S/C9H15N3O/c1-2-9(7-10)12-5-3-11(8-13)4-6-12/h8-9H,2-6H2,1H3. The van der Waals surface area contributed by atoms with Gasteiger partial charge < -0.3 is 4.90 Å². The van der Waals surface area contributed by atoms with Crippen LogP contribution < -0.4 is 0 Å². The SMILES string of the molecule is CCC(C#N)N1CCN(C=O)CC1. The van der Waals surface area contributed by atoms with Gasteiger partial charge in [0.2, 0.25) is 6.41 Å². The first-order chi connectivity index (χ1) is 6.31. The highest BCUT2D eigenvalue weighted by Gasteiger charge is 2.21. The Morgan fingerprint density at radius 3 is 2.46 bits per heavy atom. The molecule has 1 unspecified atom stereocenters. The lowest BCUT2D eigenvalue weighted by atomic mass is 10.2. The zero-order valence-electron chi connectivity index (χ0n) is 7.94. The van der Waals surface area contributed by atoms with E-state index in [4.69, 9.17) is 5.26 Å². The molecule has 72 valence electrons. The molecule has 1 saturated heterocycles. The van der Waals surface area contributed by atoms with Gasteiger partial charge >= 0.3 is 0 Å². The summed E-state index contributed by atoms with van der Waals surface area (Å²) in [7, 11) is 0. The van der Waals surface area contributed by atoms with Crippen LogP contribution in [0.4, 0.5) is 0 Å². The first-order valence-electron chi connectivity index (χ1n) is 4.64. The summed E-state index contributed by atoms with van der Waals surface area (Å²) in [6.45, 7) is 5.17. The highest BCUT2D eigenvalue weighted by molar-refractivity contribution is 5.47. The summed E-state index contributed by atoms with van der Waals surface area (Å²) in [4.78, 5) is 14.3. The Morgan fingerprint density at radius 1 is 1.46 bits per heavy atom. The molecule has 0 aromatic rings. The van der Waals surface area contributed by atoms with Crippen molar-refractivity contribution < 1.29 is 4.79 Å². The van der Waals surface area contributed by atoms with Crippen LogP contribution in [-0.4, -0.2) is 48.4 Å². The van der Waals surface area contributed by atoms with Gasteiger partial charge in [0.1, 0.15) is 0 Å². The molecule has 1 fully saturated rings. The zero-order valence-corrected chi connectivity index (χ0v) is 7.94. The Morgan fingerprint density at radius 2 is 2.08 bits per heavy atom. The largest absolute Gasteiger partial charge is 0.343 e. The average Bonchev–Trinajstić information content (AvgIpc) is 2.21. The average molecular weight is 181 g/mol. The van der Waals surface area contributed by atoms with E-state index in [2.05, 4.69) is 11.0 Å². The molecular formula is C9H15N3O. The Bertz CT molecular complexity index is 203. The minimum Gasteiger partial charge on any atom is -0.343 e. The van der Waals surface area contributed by atoms with Crippen LogP contribution in [0.2, 0.25) is 0 Å². The van der Waals surface area contributed by atoms with Crippen molar-refractivity contribution >= 4 is 6.41 Å². The van der Waals surface area contributed by atoms with Gasteiger partial charge in [-0.2, -0.15) is 5.26 Å². The number of nitrogens with zero attached hydrogens (tertiary/aromatic N) is 3. The van der Waals surface area contributed by atoms with Crippen LogP contribution in [0.1, 0.15) is 13.3 Å². The first-order valence-corrected chi connectivity index (χ1v) is 4.64. The van der Waals surface area contributed by atoms with Gasteiger partial charge in [-0.3, -0.25) is 9.69 Å². The summed E-state index contributed by atoms with van der Waals surface area (Å²) >= 11 is 0. The lowest BCUT2D eigenvalue weighted by Gasteiger charge is -2.34. The normalized spacial score (nSPS) is 20.8. The van der Waals surface area contributed by atoms with Crippen molar-refractivity contribution in [2.24, 2.45) is 0 Å². The number of carbonyl (C=O) groups is 1. The molecule has 4 heteroatoms. The summed E-state index contributed by atoms with van der Waals surface area (Å²) in [5.74, 6) is 0. The number of piperazine rings is 1. The molecule has 0 saturated carbocycles. The minimum absolute atomic E-state index is 0.0220. The van der Waals surface area contributed by atoms with Crippen LogP contribution in [0, 0.1) is 11.3 Å². The van der Waals surface area contributed by atoms with Gasteiger partial charge in [0.05, 0.1) is 12.1 Å². The highest BCUT2D eigenvalue weighted by Crippen LogP contribution is 2.07. The van der Waals surface area contributed by atoms with Crippen LogP contribution in [0.3, 0.4) is 0 Å². The molecule has 0 aromatic heterocycles. The molecule has 0 bridgehead atoms. The predicted octanol–water partition coefficient (Wildman–Crippen LogP) is 0.0626. The summed E-state index contributed by atoms with van der Waals surface area (Å²) in [6, 6.07) is 2.30. The lowest BCUT2D eigenvalue weighted by molar-refractivity contribution is -0.119. The summed E-state index contributed by atoms with van der Waals surface area (Å²) in [6.07, 6.45) is 1.74. The van der Waals surface area contributed by atoms with Gasteiger partial charge in [-0.25, -0.2) is 0 Å². The molecule has 0 spiro atoms. The van der Waals surface area contributed by atoms with Crippen molar-refractivity contribution in [3.8, 4) is 6.07 Å². The van der Waals surface area contributed by atoms with Crippen LogP contribution >= 0.6 is 0 Å². The van der Waals surface area contributed by atoms with Crippen molar-refractivity contribution in [3.63, 3.8) is 0 Å². The molecule has 4 nitrogen and oxygen atoms in total. The lowest BCUT2D eigenvalue weighted by Crippen LogP contribution is -2.49. The fourth-order valence-corrected chi connectivity index (χ4v) is 1.59. The smallest absolute Gasteiger partial charge is 0.209 e. The molecule has 1 heterocycles. The van der Waals surface area contributed by atoms with E-state index in [1.807, 2.05) is 6.92 Å². The number of rotatable bonds is 3. The van der Waals surface area contributed by atoms with Gasteiger partial charge in [-0.05, 0) is 6.42 Å². The second-order valence-corrected chi connectivity index (χ2v) is 3.23. The van der Waals surface area contributed by atoms with Gasteiger partial charge in [-0.15, -0.1) is 0 Å². The molecule has 0 aromatic carbocycles. The molecule has 1 aliphatic rings. The highest BCUT2D eigenvalue weighted by atomic mass is 16.1. The van der Waals surface area contributed by atoms with E-state index in [-0.39, 0.29) is 6.04 Å². The second-order valence-electron chi connectivity index (χ2n) is 3.23. The van der Waals surface area contributed by atoms with Gasteiger partial charge in [-0.1, -0.05) is 6.92 Å². The molecule has 1 aliphatic heterocycles. The summed E-state index contributed by atoms with van der Waals surface area (Å²) in [5, 5.41) is 8.83. The first kappa shape index (κ1) is 10.0. The number of hydrogen-bond acceptors (Lipinski definition) is 3. The maximum Gasteiger partial charge on any atom is 0.209 e. The zero-order chi connectivity index (χ0) is 9.68. The van der Waals surface area contributed by atoms with E-state index < -0.39 is 0 Å². The van der Waals surface area contributed by atoms with Crippen molar-refractivity contribution in [3.05, 3.63) is 0 Å². The van der Waals surface area contributed by atoms with E-state index in [1.54, 1.807) is 4.90 Å².